The number of phenolic OH excluding ortho intramolecular Hbond substituents is 1. The molecule has 5 N–H and O–H groups in total. The molecular weight excluding hydrogens is 1980 g/mol. The standard InChI is InChI=1S/C65H63Cl3I6N4O13S2/c1-6-7-18-46(78-45-23-22-36(93(87,88)89)31-39(45)65(4,24-15-17-28-92(84,85)86)49(78)20-13-10-8-9-12-19-48-64(2,3)54-42(70)29-35(69)30-47(54)77(48)5)62(82)76-26-25-75-50(79)21-14-11-16-27-90-63(83)52-40(66)34-41(67)55(68)53(52)51-37-32-43(71)58(80)56(73)60(37)91-61-38(51)33-44(72)59(81)57(61)74/h8-10,12-13,19-20,22-23,29-34,46H,6-7,11,14-18,21,24-28H2,1-5H3,(H4-,75,76,79,80,81,82,84,85,86,87,88,89)/p+1. The van der Waals surface area contributed by atoms with Crippen molar-refractivity contribution in [1.82, 2.24) is 10.6 Å². The zero-order valence-electron chi connectivity index (χ0n) is 50.7. The summed E-state index contributed by atoms with van der Waals surface area (Å²) in [6.07, 6.45) is 17.2. The van der Waals surface area contributed by atoms with E-state index in [1.54, 1.807) is 18.2 Å². The lowest BCUT2D eigenvalue weighted by atomic mass is 9.77. The number of aromatic hydroxyl groups is 1. The number of esters is 1. The minimum absolute atomic E-state index is 0.00477. The van der Waals surface area contributed by atoms with Gasteiger partial charge in [-0.3, -0.25) is 23.5 Å². The molecule has 2 atom stereocenters. The van der Waals surface area contributed by atoms with Gasteiger partial charge in [0.15, 0.2) is 17.1 Å². The first-order valence-electron chi connectivity index (χ1n) is 29.3. The summed E-state index contributed by atoms with van der Waals surface area (Å²) in [6, 6.07) is 12.4. The third kappa shape index (κ3) is 17.1. The van der Waals surface area contributed by atoms with E-state index in [2.05, 4.69) is 99.5 Å². The van der Waals surface area contributed by atoms with Gasteiger partial charge < -0.3 is 29.8 Å². The Kier molecular flexibility index (Phi) is 26.2. The highest BCUT2D eigenvalue weighted by molar-refractivity contribution is 14.1. The molecule has 28 heteroatoms. The van der Waals surface area contributed by atoms with Crippen LogP contribution in [0.4, 0.5) is 11.4 Å². The number of hydrogen-bond donors (Lipinski definition) is 5. The summed E-state index contributed by atoms with van der Waals surface area (Å²) in [5, 5.41) is 17.3. The van der Waals surface area contributed by atoms with Gasteiger partial charge in [0.2, 0.25) is 22.9 Å². The molecule has 0 radical (unpaired) electrons. The molecule has 0 saturated carbocycles. The lowest BCUT2D eigenvalue weighted by Crippen LogP contribution is -2.48. The van der Waals surface area contributed by atoms with Gasteiger partial charge in [0, 0.05) is 77.7 Å². The van der Waals surface area contributed by atoms with Gasteiger partial charge in [0.1, 0.15) is 22.4 Å². The fourth-order valence-electron chi connectivity index (χ4n) is 11.9. The number of carbonyl (C=O) groups excluding carboxylic acids is 3. The van der Waals surface area contributed by atoms with Crippen LogP contribution in [0.15, 0.2) is 111 Å². The number of nitrogens with one attached hydrogen (secondary N) is 2. The number of unbranched alkanes of at least 4 members (excludes halogenated alkanes) is 4. The number of allylic oxidation sites excluding steroid dienone is 8. The molecule has 1 aliphatic carbocycles. The lowest BCUT2D eigenvalue weighted by molar-refractivity contribution is -0.401. The summed E-state index contributed by atoms with van der Waals surface area (Å²) in [7, 11) is -6.91. The van der Waals surface area contributed by atoms with Crippen LogP contribution in [-0.4, -0.2) is 97.7 Å². The molecule has 0 bridgehead atoms. The number of rotatable bonds is 26. The maximum Gasteiger partial charge on any atom is 0.340 e. The van der Waals surface area contributed by atoms with E-state index in [-0.39, 0.29) is 120 Å². The van der Waals surface area contributed by atoms with Crippen molar-refractivity contribution in [3.63, 3.8) is 0 Å². The minimum atomic E-state index is -4.69. The number of anilines is 1. The maximum absolute atomic E-state index is 14.7. The Hall–Kier alpha value is -2.72. The van der Waals surface area contributed by atoms with E-state index in [9.17, 15) is 50.2 Å². The Bertz CT molecular complexity index is 4420. The lowest BCUT2D eigenvalue weighted by Gasteiger charge is -2.35. The number of fused-ring (bicyclic) bond motifs is 4. The van der Waals surface area contributed by atoms with E-state index >= 15 is 0 Å². The van der Waals surface area contributed by atoms with Gasteiger partial charge in [-0.05, 0) is 249 Å². The Balaban J connectivity index is 0.940. The maximum atomic E-state index is 14.7. The normalized spacial score (nSPS) is 16.4. The summed E-state index contributed by atoms with van der Waals surface area (Å²) < 4.78 is 87.1. The second-order valence-electron chi connectivity index (χ2n) is 23.0. The van der Waals surface area contributed by atoms with Crippen molar-refractivity contribution in [2.45, 2.75) is 114 Å². The van der Waals surface area contributed by atoms with Crippen LogP contribution in [0.1, 0.15) is 113 Å². The van der Waals surface area contributed by atoms with E-state index in [1.807, 2.05) is 146 Å². The number of nitrogens with zero attached hydrogens (tertiary/aromatic N) is 2. The molecule has 4 aliphatic rings. The van der Waals surface area contributed by atoms with Gasteiger partial charge in [-0.1, -0.05) is 91.4 Å². The van der Waals surface area contributed by atoms with Crippen LogP contribution in [-0.2, 0) is 45.4 Å². The summed E-state index contributed by atoms with van der Waals surface area (Å²) in [4.78, 5) is 56.8. The van der Waals surface area contributed by atoms with E-state index in [0.29, 0.717) is 76.3 Å². The van der Waals surface area contributed by atoms with Gasteiger partial charge in [0.25, 0.3) is 20.2 Å². The fourth-order valence-corrected chi connectivity index (χ4v) is 19.8. The second-order valence-corrected chi connectivity index (χ2v) is 34.1. The molecule has 93 heavy (non-hydrogen) atoms. The molecule has 3 aliphatic heterocycles. The van der Waals surface area contributed by atoms with E-state index in [4.69, 9.17) is 44.0 Å². The van der Waals surface area contributed by atoms with Gasteiger partial charge in [-0.2, -0.15) is 21.4 Å². The van der Waals surface area contributed by atoms with Gasteiger partial charge in [0.05, 0.1) is 59.6 Å². The number of phenols is 1. The van der Waals surface area contributed by atoms with Gasteiger partial charge in [-0.15, -0.1) is 0 Å². The number of carbonyl (C=O) groups is 3. The molecule has 17 nitrogen and oxygen atoms in total. The molecule has 496 valence electrons. The first kappa shape index (κ1) is 76.0. The highest BCUT2D eigenvalue weighted by Gasteiger charge is 2.48. The largest absolute Gasteiger partial charge is 0.506 e. The SMILES string of the molecule is CCCCC(C(=O)NCCNC(=O)CCCCCOC(=O)c1c(Cl)cc(Cl)c(Cl)c1-c1c2cc(I)c(=O)c(I)c-2oc2c(I)c(O)c(I)cc12)N1\C(=C/C=C/C=C/C=C/C2=[N+](C)c3cc(I)cc(I)c3C2(C)C)C(C)(CCCCS(=O)(=O)O)c2cc(S(=O)(=O)O)ccc21. The Morgan fingerprint density at radius 3 is 2.19 bits per heavy atom. The van der Waals surface area contributed by atoms with Crippen molar-refractivity contribution in [2.24, 2.45) is 0 Å². The summed E-state index contributed by atoms with van der Waals surface area (Å²) in [5.41, 5.74) is 4.79. The Morgan fingerprint density at radius 2 is 1.49 bits per heavy atom. The summed E-state index contributed by atoms with van der Waals surface area (Å²) in [5.74, 6) is -1.75. The predicted octanol–water partition coefficient (Wildman–Crippen LogP) is 16.7. The second kappa shape index (κ2) is 32.1. The average molecular weight is 2040 g/mol. The first-order chi connectivity index (χ1) is 43.7. The van der Waals surface area contributed by atoms with Crippen LogP contribution in [0.5, 0.6) is 5.75 Å². The molecule has 2 unspecified atom stereocenters. The fraction of sp³-hybridized carbons (Fsp3) is 0.338. The highest BCUT2D eigenvalue weighted by Crippen LogP contribution is 2.54. The summed E-state index contributed by atoms with van der Waals surface area (Å²) in [6.45, 7) is 8.41. The van der Waals surface area contributed by atoms with E-state index in [1.165, 1.54) is 27.3 Å². The smallest absolute Gasteiger partial charge is 0.340 e. The topological polar surface area (TPSA) is 250 Å². The third-order valence-electron chi connectivity index (χ3n) is 16.4. The molecule has 4 aromatic carbocycles. The molecular formula is C65H64Cl3I6N4O13S2+. The zero-order chi connectivity index (χ0) is 68.2. The van der Waals surface area contributed by atoms with Crippen molar-refractivity contribution in [3.05, 3.63) is 160 Å². The van der Waals surface area contributed by atoms with Crippen LogP contribution in [0.2, 0.25) is 15.1 Å². The van der Waals surface area contributed by atoms with E-state index in [0.717, 1.165) is 21.4 Å². The number of hydrogen-bond acceptors (Lipinski definition) is 12. The van der Waals surface area contributed by atoms with Crippen LogP contribution >= 0.6 is 170 Å². The number of halogens is 9. The van der Waals surface area contributed by atoms with Crippen molar-refractivity contribution in [1.29, 1.82) is 0 Å². The molecule has 8 rings (SSSR count). The Labute approximate surface area is 637 Å². The van der Waals surface area contributed by atoms with Crippen LogP contribution < -0.4 is 21.0 Å². The monoisotopic (exact) mass is 2040 g/mol. The van der Waals surface area contributed by atoms with Crippen LogP contribution in [0, 0.1) is 21.4 Å². The van der Waals surface area contributed by atoms with Crippen molar-refractivity contribution >= 4 is 236 Å². The van der Waals surface area contributed by atoms with Crippen LogP contribution in [0.25, 0.3) is 33.4 Å². The van der Waals surface area contributed by atoms with Crippen molar-refractivity contribution in [2.75, 3.05) is 37.4 Å². The number of benzene rings is 5. The van der Waals surface area contributed by atoms with Gasteiger partial charge in [-0.25, -0.2) is 4.79 Å². The van der Waals surface area contributed by atoms with Crippen molar-refractivity contribution in [3.8, 4) is 28.2 Å². The number of ether oxygens (including phenoxy) is 1. The molecule has 0 saturated heterocycles. The molecule has 3 heterocycles. The van der Waals surface area contributed by atoms with Crippen molar-refractivity contribution < 1.29 is 59.2 Å². The molecule has 0 spiro atoms. The number of amides is 2. The molecule has 2 amide bonds. The predicted molar refractivity (Wildman–Crippen MR) is 418 cm³/mol. The highest BCUT2D eigenvalue weighted by atomic mass is 127. The average Bonchev–Trinajstić information content (AvgIpc) is 1.59. The quantitative estimate of drug-likeness (QED) is 0.00495. The van der Waals surface area contributed by atoms with E-state index < -0.39 is 43.4 Å². The first-order valence-corrected chi connectivity index (χ1v) is 39.9. The van der Waals surface area contributed by atoms with Gasteiger partial charge >= 0.3 is 5.97 Å². The minimum Gasteiger partial charge on any atom is -0.506 e. The molecule has 0 aromatic heterocycles. The third-order valence-corrected chi connectivity index (χ3v) is 24.2. The zero-order valence-corrected chi connectivity index (χ0v) is 67.5. The van der Waals surface area contributed by atoms with Crippen LogP contribution in [0.3, 0.4) is 0 Å². The Morgan fingerprint density at radius 1 is 0.796 bits per heavy atom. The molecule has 0 fully saturated rings. The summed E-state index contributed by atoms with van der Waals surface area (Å²) >= 11 is 33.0. The molecule has 4 aromatic rings.